The maximum atomic E-state index is 5.19. The highest BCUT2D eigenvalue weighted by atomic mass is 14.9. The van der Waals surface area contributed by atoms with E-state index in [1.807, 2.05) is 48.8 Å². The molecule has 49 heavy (non-hydrogen) atoms. The van der Waals surface area contributed by atoms with Crippen molar-refractivity contribution in [3.8, 4) is 67.7 Å². The predicted octanol–water partition coefficient (Wildman–Crippen LogP) is 10.5. The second-order valence-corrected chi connectivity index (χ2v) is 12.6. The topological polar surface area (TPSA) is 64.5 Å². The van der Waals surface area contributed by atoms with E-state index in [-0.39, 0.29) is 5.92 Å². The average molecular weight is 630 g/mol. The van der Waals surface area contributed by atoms with E-state index in [4.69, 9.17) is 24.9 Å². The number of aromatic nitrogens is 5. The Balaban J connectivity index is 1.15. The van der Waals surface area contributed by atoms with Crippen LogP contribution < -0.4 is 0 Å². The smallest absolute Gasteiger partial charge is 0.160 e. The molecule has 5 aromatic carbocycles. The minimum atomic E-state index is 0.282. The molecule has 3 heterocycles. The summed E-state index contributed by atoms with van der Waals surface area (Å²) in [5.74, 6) is 0.921. The number of rotatable bonds is 5. The minimum absolute atomic E-state index is 0.282. The van der Waals surface area contributed by atoms with Gasteiger partial charge in [-0.1, -0.05) is 134 Å². The van der Waals surface area contributed by atoms with Gasteiger partial charge in [0.1, 0.15) is 11.4 Å². The van der Waals surface area contributed by atoms with E-state index in [1.165, 1.54) is 33.2 Å². The van der Waals surface area contributed by atoms with Crippen molar-refractivity contribution in [1.29, 1.82) is 0 Å². The number of fused-ring (bicyclic) bond motifs is 5. The van der Waals surface area contributed by atoms with Crippen molar-refractivity contribution >= 4 is 10.9 Å². The first-order chi connectivity index (χ1) is 24.2. The Morgan fingerprint density at radius 2 is 1.12 bits per heavy atom. The summed E-state index contributed by atoms with van der Waals surface area (Å²) in [4.78, 5) is 25.2. The Morgan fingerprint density at radius 1 is 0.510 bits per heavy atom. The number of hydrogen-bond acceptors (Lipinski definition) is 5. The van der Waals surface area contributed by atoms with Crippen LogP contribution in [0.2, 0.25) is 0 Å². The highest BCUT2D eigenvalue weighted by molar-refractivity contribution is 6.00. The van der Waals surface area contributed by atoms with Gasteiger partial charge in [0.15, 0.2) is 5.82 Å². The lowest BCUT2D eigenvalue weighted by Crippen LogP contribution is -2.12. The number of para-hydroxylation sites is 1. The zero-order valence-corrected chi connectivity index (χ0v) is 27.0. The van der Waals surface area contributed by atoms with Gasteiger partial charge in [-0.25, -0.2) is 15.0 Å². The summed E-state index contributed by atoms with van der Waals surface area (Å²) >= 11 is 0. The molecule has 1 atom stereocenters. The van der Waals surface area contributed by atoms with Crippen molar-refractivity contribution in [2.75, 3.05) is 0 Å². The van der Waals surface area contributed by atoms with Gasteiger partial charge in [-0.2, -0.15) is 0 Å². The summed E-state index contributed by atoms with van der Waals surface area (Å²) in [5.41, 5.74) is 14.2. The number of pyridine rings is 1. The molecule has 3 aromatic heterocycles. The monoisotopic (exact) mass is 629 g/mol. The van der Waals surface area contributed by atoms with Crippen molar-refractivity contribution in [3.05, 3.63) is 163 Å². The van der Waals surface area contributed by atoms with Gasteiger partial charge >= 0.3 is 0 Å². The Hall–Kier alpha value is -6.33. The normalized spacial score (nSPS) is 13.5. The van der Waals surface area contributed by atoms with E-state index in [9.17, 15) is 0 Å². The lowest BCUT2D eigenvalue weighted by molar-refractivity contribution is 0.748. The lowest BCUT2D eigenvalue weighted by Gasteiger charge is -2.28. The molecule has 232 valence electrons. The Bertz CT molecular complexity index is 2460. The summed E-state index contributed by atoms with van der Waals surface area (Å²) < 4.78 is 0. The van der Waals surface area contributed by atoms with E-state index < -0.39 is 0 Å². The molecule has 0 saturated carbocycles. The second-order valence-electron chi connectivity index (χ2n) is 12.6. The maximum absolute atomic E-state index is 5.19. The molecule has 0 fully saturated rings. The molecule has 5 nitrogen and oxygen atoms in total. The van der Waals surface area contributed by atoms with E-state index in [0.717, 1.165) is 45.7 Å². The quantitative estimate of drug-likeness (QED) is 0.190. The fraction of sp³-hybridized carbons (Fsp3) is 0.0682. The summed E-state index contributed by atoms with van der Waals surface area (Å²) in [6.45, 7) is 2.29. The van der Waals surface area contributed by atoms with Crippen molar-refractivity contribution in [2.45, 2.75) is 19.3 Å². The standard InChI is InChI=1S/C44H31N5/c1-28-24-33-16-8-9-17-34(33)42-35-18-10-11-19-36(35)47-43(41(28)42)40-27-45-39(26-46-40)38-25-37(31-14-6-3-7-15-31)48-44(49-38)32-22-20-30(21-23-32)29-12-4-2-5-13-29/h2-23,25-28H,24H2,1H3. The molecule has 8 aromatic rings. The fourth-order valence-corrected chi connectivity index (χ4v) is 7.06. The van der Waals surface area contributed by atoms with E-state index in [2.05, 4.69) is 110 Å². The number of benzene rings is 5. The van der Waals surface area contributed by atoms with Crippen LogP contribution in [0.1, 0.15) is 24.0 Å². The van der Waals surface area contributed by atoms with Crippen molar-refractivity contribution in [3.63, 3.8) is 0 Å². The van der Waals surface area contributed by atoms with Gasteiger partial charge in [-0.3, -0.25) is 9.97 Å². The molecule has 0 amide bonds. The molecule has 1 unspecified atom stereocenters. The van der Waals surface area contributed by atoms with Crippen LogP contribution in [0.3, 0.4) is 0 Å². The minimum Gasteiger partial charge on any atom is -0.251 e. The van der Waals surface area contributed by atoms with Gasteiger partial charge in [-0.15, -0.1) is 0 Å². The molecule has 1 aliphatic rings. The van der Waals surface area contributed by atoms with Crippen LogP contribution in [0.15, 0.2) is 152 Å². The van der Waals surface area contributed by atoms with E-state index in [0.29, 0.717) is 17.2 Å². The largest absolute Gasteiger partial charge is 0.251 e. The second kappa shape index (κ2) is 12.0. The Kier molecular flexibility index (Phi) is 7.09. The van der Waals surface area contributed by atoms with Crippen LogP contribution in [0.25, 0.3) is 78.6 Å². The zero-order chi connectivity index (χ0) is 32.7. The van der Waals surface area contributed by atoms with Gasteiger partial charge < -0.3 is 0 Å². The van der Waals surface area contributed by atoms with Gasteiger partial charge in [-0.05, 0) is 57.9 Å². The predicted molar refractivity (Wildman–Crippen MR) is 198 cm³/mol. The van der Waals surface area contributed by atoms with Gasteiger partial charge in [0.05, 0.1) is 35.0 Å². The van der Waals surface area contributed by atoms with Crippen LogP contribution >= 0.6 is 0 Å². The molecule has 5 heteroatoms. The third-order valence-corrected chi connectivity index (χ3v) is 9.44. The highest BCUT2D eigenvalue weighted by Crippen LogP contribution is 2.46. The molecule has 0 saturated heterocycles. The summed E-state index contributed by atoms with van der Waals surface area (Å²) in [6, 6.07) is 48.1. The third kappa shape index (κ3) is 5.26. The Morgan fingerprint density at radius 3 is 1.90 bits per heavy atom. The van der Waals surface area contributed by atoms with E-state index in [1.54, 1.807) is 0 Å². The molecule has 0 spiro atoms. The van der Waals surface area contributed by atoms with Crippen LogP contribution in [0.4, 0.5) is 0 Å². The van der Waals surface area contributed by atoms with Crippen molar-refractivity contribution in [1.82, 2.24) is 24.9 Å². The highest BCUT2D eigenvalue weighted by Gasteiger charge is 2.28. The van der Waals surface area contributed by atoms with Crippen LogP contribution in [0.5, 0.6) is 0 Å². The average Bonchev–Trinajstić information content (AvgIpc) is 3.18. The molecule has 0 N–H and O–H groups in total. The lowest BCUT2D eigenvalue weighted by atomic mass is 9.77. The van der Waals surface area contributed by atoms with Crippen molar-refractivity contribution < 1.29 is 0 Å². The molecule has 9 rings (SSSR count). The first kappa shape index (κ1) is 28.9. The SMILES string of the molecule is CC1Cc2ccccc2-c2c1c(-c1cnc(-c3cc(-c4ccccc4)nc(-c4ccc(-c5ccccc5)cc4)n3)cn1)nc1ccccc21. The van der Waals surface area contributed by atoms with Crippen LogP contribution in [0, 0.1) is 0 Å². The summed E-state index contributed by atoms with van der Waals surface area (Å²) in [6.07, 6.45) is 4.62. The van der Waals surface area contributed by atoms with Gasteiger partial charge in [0.2, 0.25) is 0 Å². The van der Waals surface area contributed by atoms with Gasteiger partial charge in [0.25, 0.3) is 0 Å². The maximum Gasteiger partial charge on any atom is 0.160 e. The molecule has 1 aliphatic carbocycles. The molecule has 0 radical (unpaired) electrons. The first-order valence-electron chi connectivity index (χ1n) is 16.6. The summed E-state index contributed by atoms with van der Waals surface area (Å²) in [5, 5.41) is 1.17. The zero-order valence-electron chi connectivity index (χ0n) is 27.0. The van der Waals surface area contributed by atoms with E-state index >= 15 is 0 Å². The molecular formula is C44H31N5. The Labute approximate surface area is 285 Å². The molecular weight excluding hydrogens is 599 g/mol. The van der Waals surface area contributed by atoms with Crippen molar-refractivity contribution in [2.24, 2.45) is 0 Å². The number of nitrogens with zero attached hydrogens (tertiary/aromatic N) is 5. The van der Waals surface area contributed by atoms with Crippen LogP contribution in [-0.2, 0) is 6.42 Å². The molecule has 0 bridgehead atoms. The van der Waals surface area contributed by atoms with Crippen LogP contribution in [-0.4, -0.2) is 24.9 Å². The molecule has 0 aliphatic heterocycles. The number of hydrogen-bond donors (Lipinski definition) is 0. The third-order valence-electron chi connectivity index (χ3n) is 9.44. The van der Waals surface area contributed by atoms with Gasteiger partial charge in [0, 0.05) is 16.5 Å². The summed E-state index contributed by atoms with van der Waals surface area (Å²) in [7, 11) is 0. The fourth-order valence-electron chi connectivity index (χ4n) is 7.06. The first-order valence-corrected chi connectivity index (χ1v) is 16.6.